The fourth-order valence-electron chi connectivity index (χ4n) is 4.57. The zero-order valence-electron chi connectivity index (χ0n) is 19.5. The van der Waals surface area contributed by atoms with Gasteiger partial charge in [0.1, 0.15) is 11.8 Å². The van der Waals surface area contributed by atoms with Gasteiger partial charge in [0.15, 0.2) is 0 Å². The van der Waals surface area contributed by atoms with E-state index in [4.69, 9.17) is 4.74 Å². The van der Waals surface area contributed by atoms with Crippen LogP contribution in [0.2, 0.25) is 0 Å². The molecule has 0 amide bonds. The molecule has 8 nitrogen and oxygen atoms in total. The maximum absolute atomic E-state index is 12.4. The number of carbonyl (C=O) groups is 1. The number of hydrogen-bond donors (Lipinski definition) is 2. The second kappa shape index (κ2) is 11.4. The average Bonchev–Trinajstić information content (AvgIpc) is 2.88. The minimum absolute atomic E-state index is 0.259. The number of benzene rings is 2. The van der Waals surface area contributed by atoms with E-state index in [0.717, 1.165) is 26.9 Å². The molecular formula is C26H29N3O5S. The van der Waals surface area contributed by atoms with E-state index in [0.29, 0.717) is 38.2 Å². The van der Waals surface area contributed by atoms with E-state index in [1.165, 1.54) is 0 Å². The van der Waals surface area contributed by atoms with Gasteiger partial charge < -0.3 is 9.84 Å². The van der Waals surface area contributed by atoms with Crippen molar-refractivity contribution in [3.8, 4) is 16.9 Å². The molecule has 35 heavy (non-hydrogen) atoms. The van der Waals surface area contributed by atoms with Gasteiger partial charge in [-0.05, 0) is 79.4 Å². The lowest BCUT2D eigenvalue weighted by atomic mass is 9.89. The number of aliphatic carboxylic acids is 1. The zero-order valence-corrected chi connectivity index (χ0v) is 20.3. The number of anilines is 1. The summed E-state index contributed by atoms with van der Waals surface area (Å²) in [5.74, 6) is -0.609. The summed E-state index contributed by atoms with van der Waals surface area (Å²) < 4.78 is 28.8. The predicted molar refractivity (Wildman–Crippen MR) is 135 cm³/mol. The first-order valence-corrected chi connectivity index (χ1v) is 12.5. The fraction of sp³-hybridized carbons (Fsp3) is 0.308. The molecule has 4 rings (SSSR count). The number of rotatable bonds is 9. The Kier molecular flexibility index (Phi) is 8.12. The summed E-state index contributed by atoms with van der Waals surface area (Å²) in [6.45, 7) is 2.11. The van der Waals surface area contributed by atoms with E-state index in [9.17, 15) is 18.7 Å². The topological polar surface area (TPSA) is 103 Å². The second-order valence-corrected chi connectivity index (χ2v) is 9.40. The highest BCUT2D eigenvalue weighted by atomic mass is 32.2. The van der Waals surface area contributed by atoms with Crippen molar-refractivity contribution in [3.05, 3.63) is 78.6 Å². The van der Waals surface area contributed by atoms with Gasteiger partial charge in [0.2, 0.25) is 0 Å². The number of methoxy groups -OCH3 is 1. The molecule has 1 aliphatic heterocycles. The van der Waals surface area contributed by atoms with Gasteiger partial charge in [-0.15, -0.1) is 0 Å². The summed E-state index contributed by atoms with van der Waals surface area (Å²) in [4.78, 5) is 18.9. The second-order valence-electron chi connectivity index (χ2n) is 8.55. The lowest BCUT2D eigenvalue weighted by Crippen LogP contribution is -2.50. The lowest BCUT2D eigenvalue weighted by Gasteiger charge is -2.38. The van der Waals surface area contributed by atoms with Crippen LogP contribution in [0.1, 0.15) is 18.5 Å². The molecule has 0 spiro atoms. The summed E-state index contributed by atoms with van der Waals surface area (Å²) >= 11 is -2.49. The molecule has 0 saturated carbocycles. The van der Waals surface area contributed by atoms with Crippen molar-refractivity contribution in [2.45, 2.75) is 25.4 Å². The average molecular weight is 496 g/mol. The Balaban J connectivity index is 1.49. The van der Waals surface area contributed by atoms with Gasteiger partial charge in [0.25, 0.3) is 11.3 Å². The summed E-state index contributed by atoms with van der Waals surface area (Å²) in [6, 6.07) is 19.3. The first-order chi connectivity index (χ1) is 17.0. The van der Waals surface area contributed by atoms with Crippen LogP contribution in [-0.4, -0.2) is 56.0 Å². The Labute approximate surface area is 207 Å². The summed E-state index contributed by atoms with van der Waals surface area (Å²) in [7, 11) is 1.61. The molecule has 0 aliphatic carbocycles. The fourth-order valence-corrected chi connectivity index (χ4v) is 5.33. The number of aromatic nitrogens is 1. The Morgan fingerprint density at radius 1 is 1.09 bits per heavy atom. The molecule has 9 heteroatoms. The van der Waals surface area contributed by atoms with Gasteiger partial charge in [-0.1, -0.05) is 30.3 Å². The Hall–Kier alpha value is -3.27. The highest BCUT2D eigenvalue weighted by Crippen LogP contribution is 2.31. The van der Waals surface area contributed by atoms with Crippen LogP contribution in [0, 0.1) is 5.92 Å². The highest BCUT2D eigenvalue weighted by Gasteiger charge is 2.38. The standard InChI is InChI=1S/C26H29N3O5S/c1-34-24-11-7-20(8-12-24)19-5-9-23(10-6-19)29(35(32)33)25(26(30)31)21-13-16-28(17-14-21)18-22-4-2-3-15-27-22/h2-12,15,21,25H,13-14,16-18H2,1H3,(H,30,31)(H,32,33). The molecule has 2 aromatic carbocycles. The normalized spacial score (nSPS) is 16.4. The third-order valence-corrected chi connectivity index (χ3v) is 7.18. The highest BCUT2D eigenvalue weighted by molar-refractivity contribution is 7.80. The van der Waals surface area contributed by atoms with Crippen molar-refractivity contribution < 1.29 is 23.4 Å². The smallest absolute Gasteiger partial charge is 0.327 e. The van der Waals surface area contributed by atoms with E-state index < -0.39 is 23.3 Å². The summed E-state index contributed by atoms with van der Waals surface area (Å²) in [5.41, 5.74) is 3.24. The van der Waals surface area contributed by atoms with Crippen molar-refractivity contribution in [1.82, 2.24) is 9.88 Å². The van der Waals surface area contributed by atoms with Gasteiger partial charge in [-0.2, -0.15) is 0 Å². The van der Waals surface area contributed by atoms with Crippen LogP contribution in [-0.2, 0) is 22.6 Å². The molecule has 0 bridgehead atoms. The molecule has 184 valence electrons. The number of ether oxygens (including phenoxy) is 1. The van der Waals surface area contributed by atoms with Crippen LogP contribution >= 0.6 is 0 Å². The number of pyridine rings is 1. The molecule has 1 aromatic heterocycles. The van der Waals surface area contributed by atoms with Crippen LogP contribution < -0.4 is 9.04 Å². The van der Waals surface area contributed by atoms with Gasteiger partial charge in [0.05, 0.1) is 18.5 Å². The molecule has 2 N–H and O–H groups in total. The first kappa shape index (κ1) is 24.8. The van der Waals surface area contributed by atoms with E-state index in [2.05, 4.69) is 9.88 Å². The molecule has 1 fully saturated rings. The van der Waals surface area contributed by atoms with Crippen molar-refractivity contribution >= 4 is 22.9 Å². The molecule has 2 heterocycles. The largest absolute Gasteiger partial charge is 0.497 e. The lowest BCUT2D eigenvalue weighted by molar-refractivity contribution is -0.140. The minimum atomic E-state index is -2.49. The maximum Gasteiger partial charge on any atom is 0.327 e. The van der Waals surface area contributed by atoms with E-state index in [1.54, 1.807) is 25.4 Å². The molecular weight excluding hydrogens is 466 g/mol. The van der Waals surface area contributed by atoms with Crippen LogP contribution in [0.25, 0.3) is 11.1 Å². The van der Waals surface area contributed by atoms with Crippen LogP contribution in [0.5, 0.6) is 5.75 Å². The first-order valence-electron chi connectivity index (χ1n) is 11.5. The van der Waals surface area contributed by atoms with E-state index in [-0.39, 0.29) is 5.92 Å². The zero-order chi connectivity index (χ0) is 24.8. The van der Waals surface area contributed by atoms with Crippen molar-refractivity contribution in [2.75, 3.05) is 24.5 Å². The molecule has 1 aliphatic rings. The van der Waals surface area contributed by atoms with Crippen LogP contribution in [0.15, 0.2) is 72.9 Å². The van der Waals surface area contributed by atoms with Crippen molar-refractivity contribution in [3.63, 3.8) is 0 Å². The van der Waals surface area contributed by atoms with Crippen molar-refractivity contribution in [2.24, 2.45) is 5.92 Å². The van der Waals surface area contributed by atoms with Gasteiger partial charge >= 0.3 is 5.97 Å². The quantitative estimate of drug-likeness (QED) is 0.432. The molecule has 1 saturated heterocycles. The minimum Gasteiger partial charge on any atom is -0.497 e. The number of hydrogen-bond acceptors (Lipinski definition) is 5. The van der Waals surface area contributed by atoms with E-state index >= 15 is 0 Å². The summed E-state index contributed by atoms with van der Waals surface area (Å²) in [6.07, 6.45) is 2.99. The Morgan fingerprint density at radius 2 is 1.71 bits per heavy atom. The molecule has 2 atom stereocenters. The maximum atomic E-state index is 12.4. The van der Waals surface area contributed by atoms with Gasteiger partial charge in [-0.3, -0.25) is 18.7 Å². The van der Waals surface area contributed by atoms with Crippen LogP contribution in [0.4, 0.5) is 5.69 Å². The molecule has 3 aromatic rings. The molecule has 2 unspecified atom stereocenters. The van der Waals surface area contributed by atoms with Gasteiger partial charge in [0, 0.05) is 12.7 Å². The predicted octanol–water partition coefficient (Wildman–Crippen LogP) is 4.07. The Bertz CT molecular complexity index is 1130. The third-order valence-electron chi connectivity index (χ3n) is 6.41. The number of carboxylic acids is 1. The number of carboxylic acid groups (broad SMARTS) is 1. The van der Waals surface area contributed by atoms with E-state index in [1.807, 2.05) is 54.6 Å². The molecule has 0 radical (unpaired) electrons. The number of piperidine rings is 1. The third kappa shape index (κ3) is 6.05. The monoisotopic (exact) mass is 495 g/mol. The number of likely N-dealkylation sites (tertiary alicyclic amines) is 1. The number of nitrogens with zero attached hydrogens (tertiary/aromatic N) is 3. The summed E-state index contributed by atoms with van der Waals surface area (Å²) in [5, 5.41) is 10.1. The van der Waals surface area contributed by atoms with Crippen LogP contribution in [0.3, 0.4) is 0 Å². The van der Waals surface area contributed by atoms with Gasteiger partial charge in [-0.25, -0.2) is 9.00 Å². The Morgan fingerprint density at radius 3 is 2.23 bits per heavy atom. The van der Waals surface area contributed by atoms with Crippen molar-refractivity contribution in [1.29, 1.82) is 0 Å². The SMILES string of the molecule is COc1ccc(-c2ccc(N(C(C(=O)O)C3CCN(Cc4ccccn4)CC3)S(=O)O)cc2)cc1.